The first kappa shape index (κ1) is 29.2. The summed E-state index contributed by atoms with van der Waals surface area (Å²) in [5.74, 6) is -1.42. The summed E-state index contributed by atoms with van der Waals surface area (Å²) in [6, 6.07) is 0.305. The van der Waals surface area contributed by atoms with Crippen LogP contribution in [0.4, 0.5) is 0 Å². The van der Waals surface area contributed by atoms with Crippen molar-refractivity contribution in [2.45, 2.75) is 39.3 Å². The topological polar surface area (TPSA) is 101 Å². The number of likely N-dealkylation sites (N-methyl/N-ethyl adjacent to an activating group) is 1. The molecule has 0 spiro atoms. The molecule has 10 nitrogen and oxygen atoms in total. The van der Waals surface area contributed by atoms with E-state index in [1.165, 1.54) is 0 Å². The highest BCUT2D eigenvalue weighted by Crippen LogP contribution is 2.35. The van der Waals surface area contributed by atoms with Crippen LogP contribution < -0.4 is 5.32 Å². The maximum Gasteiger partial charge on any atom is 0.254 e. The van der Waals surface area contributed by atoms with Crippen molar-refractivity contribution in [3.05, 3.63) is 59.6 Å². The number of aliphatic imine (C=N–C) groups is 1. The average molecular weight is 563 g/mol. The lowest BCUT2D eigenvalue weighted by atomic mass is 9.85. The molecule has 41 heavy (non-hydrogen) atoms. The minimum atomic E-state index is -0.572. The number of carbonyl (C=O) groups is 2. The molecule has 0 saturated carbocycles. The number of carbonyl (C=O) groups excluding carboxylic acids is 2. The number of nitrogens with zero attached hydrogens (tertiary/aromatic N) is 5. The molecule has 3 aliphatic heterocycles. The molecule has 2 fully saturated rings. The highest BCUT2D eigenvalue weighted by Gasteiger charge is 2.32. The second kappa shape index (κ2) is 13.1. The van der Waals surface area contributed by atoms with Gasteiger partial charge in [-0.3, -0.25) is 19.2 Å². The van der Waals surface area contributed by atoms with E-state index in [9.17, 15) is 9.59 Å². The molecular formula is C31H42N6O4. The third kappa shape index (κ3) is 6.94. The number of dihydropyridines is 1. The summed E-state index contributed by atoms with van der Waals surface area (Å²) < 4.78 is 13.0. The summed E-state index contributed by atoms with van der Waals surface area (Å²) in [6.45, 7) is 14.9. The lowest BCUT2D eigenvalue weighted by molar-refractivity contribution is -0.123. The van der Waals surface area contributed by atoms with Crippen LogP contribution in [0.5, 0.6) is 0 Å². The maximum absolute atomic E-state index is 13.6. The van der Waals surface area contributed by atoms with Crippen molar-refractivity contribution in [1.29, 1.82) is 0 Å². The Kier molecular flexibility index (Phi) is 9.32. The first-order chi connectivity index (χ1) is 19.8. The number of rotatable bonds is 9. The molecule has 2 saturated heterocycles. The van der Waals surface area contributed by atoms with Crippen LogP contribution in [0, 0.1) is 11.8 Å². The third-order valence-electron chi connectivity index (χ3n) is 8.51. The Morgan fingerprint density at radius 2 is 1.85 bits per heavy atom. The standard InChI is InChI=1S/C31H42N6O4/c1-21-15-22(2)34-31(39)28(21)19-32-30(38)27-16-24(17-29(23(27)3)35(4)26-5-11-40-12-6-26)25-18-33-37(20-25)8-7-36-9-13-41-14-10-36/h15-18,20,26-28H,3,5-14,19H2,1-2,4H3,(H,32,38). The lowest BCUT2D eigenvalue weighted by Crippen LogP contribution is -2.41. The molecule has 0 radical (unpaired) electrons. The van der Waals surface area contributed by atoms with Gasteiger partial charge >= 0.3 is 0 Å². The van der Waals surface area contributed by atoms with Crippen molar-refractivity contribution < 1.29 is 19.1 Å². The fraction of sp³-hybridized carbons (Fsp3) is 0.548. The Hall–Kier alpha value is -3.34. The van der Waals surface area contributed by atoms with Gasteiger partial charge in [-0.1, -0.05) is 18.2 Å². The molecule has 5 rings (SSSR count). The summed E-state index contributed by atoms with van der Waals surface area (Å²) in [5.41, 5.74) is 5.19. The average Bonchev–Trinajstić information content (AvgIpc) is 3.45. The van der Waals surface area contributed by atoms with Crippen molar-refractivity contribution in [3.8, 4) is 0 Å². The smallest absolute Gasteiger partial charge is 0.254 e. The molecule has 220 valence electrons. The summed E-state index contributed by atoms with van der Waals surface area (Å²) in [4.78, 5) is 34.9. The summed E-state index contributed by atoms with van der Waals surface area (Å²) >= 11 is 0. The predicted molar refractivity (Wildman–Crippen MR) is 158 cm³/mol. The molecule has 1 N–H and O–H groups in total. The molecule has 2 unspecified atom stereocenters. The molecule has 1 aromatic heterocycles. The van der Waals surface area contributed by atoms with E-state index in [1.54, 1.807) is 0 Å². The summed E-state index contributed by atoms with van der Waals surface area (Å²) in [5, 5.41) is 7.65. The van der Waals surface area contributed by atoms with E-state index in [2.05, 4.69) is 44.9 Å². The van der Waals surface area contributed by atoms with E-state index in [0.717, 1.165) is 93.4 Å². The van der Waals surface area contributed by atoms with Crippen LogP contribution in [0.3, 0.4) is 0 Å². The highest BCUT2D eigenvalue weighted by atomic mass is 16.5. The number of hydrogen-bond donors (Lipinski definition) is 1. The van der Waals surface area contributed by atoms with Crippen LogP contribution in [0.1, 0.15) is 32.3 Å². The van der Waals surface area contributed by atoms with Crippen molar-refractivity contribution >= 4 is 23.1 Å². The molecule has 2 atom stereocenters. The van der Waals surface area contributed by atoms with E-state index >= 15 is 0 Å². The zero-order valence-corrected chi connectivity index (χ0v) is 24.5. The van der Waals surface area contributed by atoms with Crippen molar-refractivity contribution in [3.63, 3.8) is 0 Å². The number of amides is 2. The van der Waals surface area contributed by atoms with E-state index in [4.69, 9.17) is 9.47 Å². The molecule has 1 aliphatic carbocycles. The summed E-state index contributed by atoms with van der Waals surface area (Å²) in [6.07, 6.45) is 11.8. The number of morpholine rings is 1. The SMILES string of the molecule is C=C1C(N(C)C2CCOCC2)=CC(c2cnn(CCN3CCOCC3)c2)=CC1C(=O)NCC1C(=O)N=C(C)C=C1C. The first-order valence-electron chi connectivity index (χ1n) is 14.6. The summed E-state index contributed by atoms with van der Waals surface area (Å²) in [7, 11) is 2.08. The first-order valence-corrected chi connectivity index (χ1v) is 14.6. The van der Waals surface area contributed by atoms with Gasteiger partial charge in [-0.2, -0.15) is 5.10 Å². The predicted octanol–water partition coefficient (Wildman–Crippen LogP) is 2.46. The second-order valence-corrected chi connectivity index (χ2v) is 11.3. The molecule has 0 bridgehead atoms. The van der Waals surface area contributed by atoms with Gasteiger partial charge < -0.3 is 19.7 Å². The van der Waals surface area contributed by atoms with Crippen LogP contribution in [0.2, 0.25) is 0 Å². The monoisotopic (exact) mass is 562 g/mol. The van der Waals surface area contributed by atoms with E-state index < -0.39 is 11.8 Å². The normalized spacial score (nSPS) is 24.4. The van der Waals surface area contributed by atoms with Gasteiger partial charge in [0.25, 0.3) is 5.91 Å². The van der Waals surface area contributed by atoms with Crippen molar-refractivity contribution in [1.82, 2.24) is 24.9 Å². The Morgan fingerprint density at radius 1 is 1.12 bits per heavy atom. The fourth-order valence-corrected chi connectivity index (χ4v) is 5.91. The van der Waals surface area contributed by atoms with Gasteiger partial charge in [0.1, 0.15) is 0 Å². The van der Waals surface area contributed by atoms with Crippen LogP contribution in [0.25, 0.3) is 5.57 Å². The number of aromatic nitrogens is 2. The minimum absolute atomic E-state index is 0.176. The van der Waals surface area contributed by atoms with Gasteiger partial charge in [0, 0.05) is 75.7 Å². The third-order valence-corrected chi connectivity index (χ3v) is 8.51. The molecule has 10 heteroatoms. The second-order valence-electron chi connectivity index (χ2n) is 11.3. The number of ether oxygens (including phenoxy) is 2. The zero-order chi connectivity index (χ0) is 28.9. The van der Waals surface area contributed by atoms with Gasteiger partial charge in [0.05, 0.1) is 37.8 Å². The van der Waals surface area contributed by atoms with Gasteiger partial charge in [-0.15, -0.1) is 0 Å². The van der Waals surface area contributed by atoms with Crippen LogP contribution in [-0.4, -0.2) is 103 Å². The van der Waals surface area contributed by atoms with Crippen LogP contribution in [-0.2, 0) is 25.6 Å². The van der Waals surface area contributed by atoms with Crippen molar-refractivity contribution in [2.24, 2.45) is 16.8 Å². The minimum Gasteiger partial charge on any atom is -0.381 e. The van der Waals surface area contributed by atoms with Crippen molar-refractivity contribution in [2.75, 3.05) is 59.7 Å². The molecule has 4 heterocycles. The molecule has 1 aromatic rings. The Bertz CT molecular complexity index is 1280. The van der Waals surface area contributed by atoms with E-state index in [1.807, 2.05) is 43.1 Å². The van der Waals surface area contributed by atoms with Gasteiger partial charge in [0.15, 0.2) is 0 Å². The maximum atomic E-state index is 13.6. The van der Waals surface area contributed by atoms with Gasteiger partial charge in [-0.25, -0.2) is 4.99 Å². The number of allylic oxidation sites excluding steroid dienone is 4. The largest absolute Gasteiger partial charge is 0.381 e. The Balaban J connectivity index is 1.34. The fourth-order valence-electron chi connectivity index (χ4n) is 5.91. The van der Waals surface area contributed by atoms with E-state index in [0.29, 0.717) is 11.8 Å². The molecule has 2 amide bonds. The van der Waals surface area contributed by atoms with Gasteiger partial charge in [0.2, 0.25) is 5.91 Å². The molecular weight excluding hydrogens is 520 g/mol. The van der Waals surface area contributed by atoms with Crippen LogP contribution >= 0.6 is 0 Å². The van der Waals surface area contributed by atoms with Crippen LogP contribution in [0.15, 0.2) is 59.0 Å². The number of nitrogens with one attached hydrogen (secondary N) is 1. The van der Waals surface area contributed by atoms with Gasteiger partial charge in [-0.05, 0) is 50.0 Å². The zero-order valence-electron chi connectivity index (χ0n) is 24.5. The quantitative estimate of drug-likeness (QED) is 0.494. The molecule has 4 aliphatic rings. The lowest BCUT2D eigenvalue weighted by Gasteiger charge is -2.38. The Labute approximate surface area is 242 Å². The highest BCUT2D eigenvalue weighted by molar-refractivity contribution is 6.05. The number of hydrogen-bond acceptors (Lipinski definition) is 7. The molecule has 0 aromatic carbocycles. The Morgan fingerprint density at radius 3 is 2.59 bits per heavy atom. The van der Waals surface area contributed by atoms with E-state index in [-0.39, 0.29) is 18.4 Å².